The number of amides is 1. The van der Waals surface area contributed by atoms with Gasteiger partial charge >= 0.3 is 6.18 Å². The largest absolute Gasteiger partial charge is 0.418 e. The molecular weight excluding hydrogens is 367 g/mol. The Balaban J connectivity index is 1.72. The van der Waals surface area contributed by atoms with Gasteiger partial charge in [-0.05, 0) is 55.3 Å². The molecule has 1 aromatic carbocycles. The van der Waals surface area contributed by atoms with E-state index in [0.717, 1.165) is 24.5 Å². The molecule has 2 aromatic rings. The molecule has 1 aliphatic heterocycles. The van der Waals surface area contributed by atoms with Crippen molar-refractivity contribution < 1.29 is 18.0 Å². The van der Waals surface area contributed by atoms with Crippen LogP contribution in [0.1, 0.15) is 30.0 Å². The number of anilines is 1. The molecule has 0 aliphatic carbocycles. The van der Waals surface area contributed by atoms with Crippen LogP contribution in [0.15, 0.2) is 42.7 Å². The van der Waals surface area contributed by atoms with Gasteiger partial charge in [-0.25, -0.2) is 0 Å². The maximum absolute atomic E-state index is 13.1. The van der Waals surface area contributed by atoms with Crippen LogP contribution in [0.4, 0.5) is 18.9 Å². The number of likely N-dealkylation sites (tertiary alicyclic amines) is 1. The molecule has 0 bridgehead atoms. The molecule has 1 amide bonds. The molecule has 4 nitrogen and oxygen atoms in total. The fourth-order valence-electron chi connectivity index (χ4n) is 3.21. The molecule has 3 rings (SSSR count). The zero-order valence-electron chi connectivity index (χ0n) is 13.8. The summed E-state index contributed by atoms with van der Waals surface area (Å²) in [5.41, 5.74) is -0.190. The van der Waals surface area contributed by atoms with E-state index in [2.05, 4.69) is 10.3 Å². The topological polar surface area (TPSA) is 45.2 Å². The van der Waals surface area contributed by atoms with Crippen molar-refractivity contribution in [2.45, 2.75) is 25.1 Å². The fourth-order valence-corrected chi connectivity index (χ4v) is 3.38. The van der Waals surface area contributed by atoms with Crippen LogP contribution in [0, 0.1) is 0 Å². The molecule has 0 spiro atoms. The molecular formula is C18H17ClF3N3O. The lowest BCUT2D eigenvalue weighted by molar-refractivity contribution is -0.137. The summed E-state index contributed by atoms with van der Waals surface area (Å²) < 4.78 is 39.4. The Bertz CT molecular complexity index is 783. The third-order valence-corrected chi connectivity index (χ3v) is 4.60. The first kappa shape index (κ1) is 18.7. The Hall–Kier alpha value is -2.12. The van der Waals surface area contributed by atoms with E-state index in [0.29, 0.717) is 6.54 Å². The Kier molecular flexibility index (Phi) is 5.48. The van der Waals surface area contributed by atoms with Gasteiger partial charge in [0.2, 0.25) is 5.91 Å². The van der Waals surface area contributed by atoms with Crippen LogP contribution in [0.2, 0.25) is 5.02 Å². The molecule has 1 unspecified atom stereocenters. The number of halogens is 4. The molecule has 1 fully saturated rings. The Morgan fingerprint density at radius 3 is 2.69 bits per heavy atom. The maximum Gasteiger partial charge on any atom is 0.418 e. The fraction of sp³-hybridized carbons (Fsp3) is 0.333. The van der Waals surface area contributed by atoms with Gasteiger partial charge in [0.05, 0.1) is 17.8 Å². The number of nitrogens with one attached hydrogen (secondary N) is 1. The van der Waals surface area contributed by atoms with Crippen LogP contribution in [-0.4, -0.2) is 28.9 Å². The van der Waals surface area contributed by atoms with Crippen LogP contribution < -0.4 is 5.32 Å². The van der Waals surface area contributed by atoms with Crippen LogP contribution in [0.5, 0.6) is 0 Å². The van der Waals surface area contributed by atoms with Gasteiger partial charge in [-0.2, -0.15) is 13.2 Å². The minimum absolute atomic E-state index is 0.0207. The molecule has 1 atom stereocenters. The monoisotopic (exact) mass is 383 g/mol. The summed E-state index contributed by atoms with van der Waals surface area (Å²) in [7, 11) is 0. The van der Waals surface area contributed by atoms with Crippen molar-refractivity contribution in [2.75, 3.05) is 18.4 Å². The predicted molar refractivity (Wildman–Crippen MR) is 92.9 cm³/mol. The Morgan fingerprint density at radius 2 is 2.00 bits per heavy atom. The number of carbonyl (C=O) groups excluding carboxylic acids is 1. The van der Waals surface area contributed by atoms with Crippen LogP contribution in [0.3, 0.4) is 0 Å². The standard InChI is InChI=1S/C18H17ClF3N3O/c19-13-3-4-15(14(10-13)18(20,21)22)24-17(26)11-25-9-1-2-16(25)12-5-7-23-8-6-12/h3-8,10,16H,1-2,9,11H2,(H,24,26). The van der Waals surface area contributed by atoms with E-state index in [-0.39, 0.29) is 23.3 Å². The van der Waals surface area contributed by atoms with Gasteiger partial charge in [-0.1, -0.05) is 11.6 Å². The third kappa shape index (κ3) is 4.34. The molecule has 138 valence electrons. The molecule has 2 heterocycles. The quantitative estimate of drug-likeness (QED) is 0.843. The average Bonchev–Trinajstić information content (AvgIpc) is 3.04. The van der Waals surface area contributed by atoms with Crippen molar-refractivity contribution >= 4 is 23.2 Å². The number of rotatable bonds is 4. The molecule has 0 radical (unpaired) electrons. The summed E-state index contributed by atoms with van der Waals surface area (Å²) in [5.74, 6) is -0.487. The number of hydrogen-bond donors (Lipinski definition) is 1. The lowest BCUT2D eigenvalue weighted by Gasteiger charge is -2.24. The van der Waals surface area contributed by atoms with Crippen molar-refractivity contribution in [3.63, 3.8) is 0 Å². The van der Waals surface area contributed by atoms with Gasteiger partial charge in [0, 0.05) is 23.5 Å². The Labute approximate surface area is 154 Å². The summed E-state index contributed by atoms with van der Waals surface area (Å²) >= 11 is 5.66. The second kappa shape index (κ2) is 7.63. The van der Waals surface area contributed by atoms with Crippen LogP contribution in [-0.2, 0) is 11.0 Å². The van der Waals surface area contributed by atoms with Gasteiger partial charge in [0.25, 0.3) is 0 Å². The van der Waals surface area contributed by atoms with E-state index < -0.39 is 17.6 Å². The number of pyridine rings is 1. The highest BCUT2D eigenvalue weighted by atomic mass is 35.5. The van der Waals surface area contributed by atoms with E-state index in [1.165, 1.54) is 12.1 Å². The van der Waals surface area contributed by atoms with E-state index in [4.69, 9.17) is 11.6 Å². The zero-order valence-corrected chi connectivity index (χ0v) is 14.5. The number of nitrogens with zero attached hydrogens (tertiary/aromatic N) is 2. The summed E-state index contributed by atoms with van der Waals surface area (Å²) in [5, 5.41) is 2.34. The normalized spacial score (nSPS) is 18.1. The van der Waals surface area contributed by atoms with Crippen LogP contribution >= 0.6 is 11.6 Å². The number of aromatic nitrogens is 1. The lowest BCUT2D eigenvalue weighted by Crippen LogP contribution is -2.33. The summed E-state index contributed by atoms with van der Waals surface area (Å²) in [6.45, 7) is 0.736. The van der Waals surface area contributed by atoms with Crippen molar-refractivity contribution in [1.29, 1.82) is 0 Å². The number of benzene rings is 1. The van der Waals surface area contributed by atoms with E-state index in [1.54, 1.807) is 12.4 Å². The first-order chi connectivity index (χ1) is 12.3. The van der Waals surface area contributed by atoms with E-state index >= 15 is 0 Å². The van der Waals surface area contributed by atoms with Gasteiger partial charge < -0.3 is 5.32 Å². The molecule has 1 aromatic heterocycles. The average molecular weight is 384 g/mol. The first-order valence-electron chi connectivity index (χ1n) is 8.15. The summed E-state index contributed by atoms with van der Waals surface area (Å²) in [6.07, 6.45) is 0.603. The molecule has 1 N–H and O–H groups in total. The molecule has 0 saturated carbocycles. The third-order valence-electron chi connectivity index (χ3n) is 4.36. The molecule has 26 heavy (non-hydrogen) atoms. The molecule has 1 saturated heterocycles. The maximum atomic E-state index is 13.1. The highest BCUT2D eigenvalue weighted by molar-refractivity contribution is 6.30. The minimum atomic E-state index is -4.60. The molecule has 1 aliphatic rings. The van der Waals surface area contributed by atoms with E-state index in [9.17, 15) is 18.0 Å². The first-order valence-corrected chi connectivity index (χ1v) is 8.53. The van der Waals surface area contributed by atoms with Gasteiger partial charge in [-0.15, -0.1) is 0 Å². The summed E-state index contributed by atoms with van der Waals surface area (Å²) in [6, 6.07) is 7.15. The lowest BCUT2D eigenvalue weighted by atomic mass is 10.1. The SMILES string of the molecule is O=C(CN1CCCC1c1ccncc1)Nc1ccc(Cl)cc1C(F)(F)F. The second-order valence-corrected chi connectivity index (χ2v) is 6.58. The highest BCUT2D eigenvalue weighted by Crippen LogP contribution is 2.37. The van der Waals surface area contributed by atoms with Gasteiger partial charge in [-0.3, -0.25) is 14.7 Å². The predicted octanol–water partition coefficient (Wildman–Crippen LogP) is 4.53. The Morgan fingerprint density at radius 1 is 1.27 bits per heavy atom. The highest BCUT2D eigenvalue weighted by Gasteiger charge is 2.34. The number of hydrogen-bond acceptors (Lipinski definition) is 3. The smallest absolute Gasteiger partial charge is 0.324 e. The van der Waals surface area contributed by atoms with E-state index in [1.807, 2.05) is 17.0 Å². The van der Waals surface area contributed by atoms with Crippen molar-refractivity contribution in [1.82, 2.24) is 9.88 Å². The minimum Gasteiger partial charge on any atom is -0.324 e. The number of alkyl halides is 3. The zero-order chi connectivity index (χ0) is 18.7. The van der Waals surface area contributed by atoms with Gasteiger partial charge in [0.15, 0.2) is 0 Å². The molecule has 8 heteroatoms. The van der Waals surface area contributed by atoms with Crippen molar-refractivity contribution in [2.24, 2.45) is 0 Å². The second-order valence-electron chi connectivity index (χ2n) is 6.14. The van der Waals surface area contributed by atoms with Crippen molar-refractivity contribution in [3.05, 3.63) is 58.9 Å². The van der Waals surface area contributed by atoms with Crippen LogP contribution in [0.25, 0.3) is 0 Å². The van der Waals surface area contributed by atoms with Crippen molar-refractivity contribution in [3.8, 4) is 0 Å². The van der Waals surface area contributed by atoms with Gasteiger partial charge in [0.1, 0.15) is 0 Å². The summed E-state index contributed by atoms with van der Waals surface area (Å²) in [4.78, 5) is 18.3. The number of carbonyl (C=O) groups is 1.